The lowest BCUT2D eigenvalue weighted by Crippen LogP contribution is -2.30. The Balaban J connectivity index is 4.46. The summed E-state index contributed by atoms with van der Waals surface area (Å²) in [6, 6.07) is 0. The van der Waals surface area contributed by atoms with Crippen molar-refractivity contribution in [3.63, 3.8) is 0 Å². The fraction of sp³-hybridized carbons (Fsp3) is 0.754. The van der Waals surface area contributed by atoms with Gasteiger partial charge in [0.05, 0.1) is 0 Å². The standard InChI is InChI=1S/C61H106O6/c1-4-7-10-13-16-19-22-25-28-30-32-33-36-39-42-45-48-51-54-60(63)66-57-58(56-65-59(62)53-50-47-44-41-38-35-27-24-21-18-15-12-9-6-3)67-61(64)55-52-49-46-43-40-37-34-31-29-26-23-20-17-14-11-8-5-2/h9,12,18,21,26,29,32-34,37,43,46,58H,4-8,10-11,13-17,19-20,22-25,27-28,30-31,35-36,38-42,44-45,47-57H2,1-3H3/b12-9-,21-18-,29-26-,33-32-,37-34-,46-43-. The summed E-state index contributed by atoms with van der Waals surface area (Å²) in [7, 11) is 0. The molecule has 0 aliphatic heterocycles. The van der Waals surface area contributed by atoms with Crippen LogP contribution >= 0.6 is 0 Å². The van der Waals surface area contributed by atoms with Crippen LogP contribution in [0.5, 0.6) is 0 Å². The highest BCUT2D eigenvalue weighted by Crippen LogP contribution is 2.14. The molecule has 0 spiro atoms. The molecular weight excluding hydrogens is 829 g/mol. The van der Waals surface area contributed by atoms with Crippen LogP contribution in [0.1, 0.15) is 278 Å². The second-order valence-corrected chi connectivity index (χ2v) is 18.8. The Kier molecular flexibility index (Phi) is 52.8. The molecule has 67 heavy (non-hydrogen) atoms. The average Bonchev–Trinajstić information content (AvgIpc) is 3.33. The molecule has 0 saturated carbocycles. The van der Waals surface area contributed by atoms with Crippen molar-refractivity contribution in [2.45, 2.75) is 284 Å². The van der Waals surface area contributed by atoms with Crippen LogP contribution in [0, 0.1) is 0 Å². The van der Waals surface area contributed by atoms with Gasteiger partial charge in [-0.05, 0) is 103 Å². The van der Waals surface area contributed by atoms with Crippen LogP contribution in [-0.4, -0.2) is 37.2 Å². The zero-order valence-corrected chi connectivity index (χ0v) is 44.2. The average molecular weight is 936 g/mol. The van der Waals surface area contributed by atoms with E-state index in [-0.39, 0.29) is 37.5 Å². The Hall–Kier alpha value is -3.15. The molecule has 0 amide bonds. The van der Waals surface area contributed by atoms with Gasteiger partial charge in [0.25, 0.3) is 0 Å². The van der Waals surface area contributed by atoms with E-state index in [1.54, 1.807) is 0 Å². The molecular formula is C61H106O6. The molecule has 0 rings (SSSR count). The van der Waals surface area contributed by atoms with Crippen LogP contribution in [0.4, 0.5) is 0 Å². The lowest BCUT2D eigenvalue weighted by Gasteiger charge is -2.18. The molecule has 0 aliphatic carbocycles. The molecule has 386 valence electrons. The quantitative estimate of drug-likeness (QED) is 0.0262. The summed E-state index contributed by atoms with van der Waals surface area (Å²) < 4.78 is 16.8. The van der Waals surface area contributed by atoms with E-state index in [4.69, 9.17) is 14.2 Å². The fourth-order valence-corrected chi connectivity index (χ4v) is 7.90. The molecule has 1 atom stereocenters. The second-order valence-electron chi connectivity index (χ2n) is 18.8. The third-order valence-corrected chi connectivity index (χ3v) is 12.2. The van der Waals surface area contributed by atoms with Crippen molar-refractivity contribution in [3.8, 4) is 0 Å². The number of unbranched alkanes of at least 4 members (excludes halogenated alkanes) is 28. The molecule has 0 aromatic carbocycles. The van der Waals surface area contributed by atoms with E-state index in [1.165, 1.54) is 148 Å². The minimum absolute atomic E-state index is 0.102. The van der Waals surface area contributed by atoms with Crippen molar-refractivity contribution >= 4 is 17.9 Å². The third kappa shape index (κ3) is 53.7. The van der Waals surface area contributed by atoms with Crippen molar-refractivity contribution in [1.29, 1.82) is 0 Å². The van der Waals surface area contributed by atoms with Crippen LogP contribution < -0.4 is 0 Å². The summed E-state index contributed by atoms with van der Waals surface area (Å²) in [6.45, 7) is 6.49. The Morgan fingerprint density at radius 1 is 0.313 bits per heavy atom. The van der Waals surface area contributed by atoms with E-state index >= 15 is 0 Å². The van der Waals surface area contributed by atoms with Gasteiger partial charge < -0.3 is 14.2 Å². The lowest BCUT2D eigenvalue weighted by atomic mass is 10.1. The van der Waals surface area contributed by atoms with Crippen molar-refractivity contribution in [1.82, 2.24) is 0 Å². The maximum atomic E-state index is 12.8. The maximum absolute atomic E-state index is 12.8. The van der Waals surface area contributed by atoms with Gasteiger partial charge in [0, 0.05) is 19.3 Å². The minimum atomic E-state index is -0.808. The minimum Gasteiger partial charge on any atom is -0.462 e. The molecule has 0 saturated heterocycles. The Morgan fingerprint density at radius 2 is 0.597 bits per heavy atom. The highest BCUT2D eigenvalue weighted by atomic mass is 16.6. The van der Waals surface area contributed by atoms with Crippen molar-refractivity contribution in [2.75, 3.05) is 13.2 Å². The van der Waals surface area contributed by atoms with Gasteiger partial charge in [-0.2, -0.15) is 0 Å². The first kappa shape index (κ1) is 63.8. The largest absolute Gasteiger partial charge is 0.462 e. The zero-order valence-electron chi connectivity index (χ0n) is 44.2. The normalized spacial score (nSPS) is 12.6. The first-order valence-corrected chi connectivity index (χ1v) is 28.4. The molecule has 0 aromatic rings. The molecule has 0 aromatic heterocycles. The Labute approximate surface area is 414 Å². The zero-order chi connectivity index (χ0) is 48.6. The summed E-state index contributed by atoms with van der Waals surface area (Å²) >= 11 is 0. The number of esters is 3. The Bertz CT molecular complexity index is 1260. The molecule has 0 heterocycles. The van der Waals surface area contributed by atoms with E-state index in [1.807, 2.05) is 0 Å². The van der Waals surface area contributed by atoms with Crippen LogP contribution in [0.2, 0.25) is 0 Å². The third-order valence-electron chi connectivity index (χ3n) is 12.2. The molecule has 6 heteroatoms. The van der Waals surface area contributed by atoms with Gasteiger partial charge in [0.1, 0.15) is 13.2 Å². The predicted octanol–water partition coefficient (Wildman–Crippen LogP) is 19.0. The summed E-state index contributed by atoms with van der Waals surface area (Å²) in [5, 5.41) is 0. The lowest BCUT2D eigenvalue weighted by molar-refractivity contribution is -0.167. The molecule has 0 bridgehead atoms. The number of rotatable bonds is 51. The number of ether oxygens (including phenoxy) is 3. The summed E-state index contributed by atoms with van der Waals surface area (Å²) in [5.41, 5.74) is 0. The molecule has 1 unspecified atom stereocenters. The number of allylic oxidation sites excluding steroid dienone is 12. The number of hydrogen-bond donors (Lipinski definition) is 0. The highest BCUT2D eigenvalue weighted by Gasteiger charge is 2.19. The second kappa shape index (κ2) is 55.4. The van der Waals surface area contributed by atoms with Gasteiger partial charge in [0.2, 0.25) is 0 Å². The van der Waals surface area contributed by atoms with Crippen LogP contribution in [0.25, 0.3) is 0 Å². The van der Waals surface area contributed by atoms with Crippen molar-refractivity contribution in [3.05, 3.63) is 72.9 Å². The Morgan fingerprint density at radius 3 is 0.970 bits per heavy atom. The highest BCUT2D eigenvalue weighted by molar-refractivity contribution is 5.71. The van der Waals surface area contributed by atoms with Gasteiger partial charge in [-0.1, -0.05) is 229 Å². The fourth-order valence-electron chi connectivity index (χ4n) is 7.90. The number of carbonyl (C=O) groups is 3. The summed E-state index contributed by atoms with van der Waals surface area (Å²) in [5.74, 6) is -0.964. The molecule has 0 fully saturated rings. The molecule has 6 nitrogen and oxygen atoms in total. The molecule has 0 radical (unpaired) electrons. The number of hydrogen-bond acceptors (Lipinski definition) is 6. The molecule has 0 aliphatic rings. The van der Waals surface area contributed by atoms with E-state index in [0.29, 0.717) is 19.3 Å². The van der Waals surface area contributed by atoms with Gasteiger partial charge in [-0.3, -0.25) is 14.4 Å². The monoisotopic (exact) mass is 935 g/mol. The van der Waals surface area contributed by atoms with Crippen LogP contribution in [0.15, 0.2) is 72.9 Å². The van der Waals surface area contributed by atoms with Crippen LogP contribution in [-0.2, 0) is 28.6 Å². The van der Waals surface area contributed by atoms with E-state index < -0.39 is 6.10 Å². The number of carbonyl (C=O) groups excluding carboxylic acids is 3. The van der Waals surface area contributed by atoms with Gasteiger partial charge in [-0.15, -0.1) is 0 Å². The first-order valence-electron chi connectivity index (χ1n) is 28.4. The van der Waals surface area contributed by atoms with Crippen molar-refractivity contribution < 1.29 is 28.6 Å². The maximum Gasteiger partial charge on any atom is 0.306 e. The van der Waals surface area contributed by atoms with E-state index in [2.05, 4.69) is 93.7 Å². The first-order chi connectivity index (χ1) is 33.0. The van der Waals surface area contributed by atoms with Gasteiger partial charge >= 0.3 is 17.9 Å². The van der Waals surface area contributed by atoms with E-state index in [9.17, 15) is 14.4 Å². The summed E-state index contributed by atoms with van der Waals surface area (Å²) in [4.78, 5) is 38.1. The SMILES string of the molecule is CC/C=C\C/C=C\CCCCCCCCCC(=O)OCC(COC(=O)CCCCCCC/C=C\CCCCCCCCCCC)OC(=O)CCC/C=C\C/C=C\C/C=C\CCCCCCCC. The smallest absolute Gasteiger partial charge is 0.306 e. The van der Waals surface area contributed by atoms with Crippen molar-refractivity contribution in [2.24, 2.45) is 0 Å². The predicted molar refractivity (Wildman–Crippen MR) is 288 cm³/mol. The summed E-state index contributed by atoms with van der Waals surface area (Å²) in [6.07, 6.45) is 70.4. The van der Waals surface area contributed by atoms with Crippen LogP contribution in [0.3, 0.4) is 0 Å². The topological polar surface area (TPSA) is 78.9 Å². The van der Waals surface area contributed by atoms with Gasteiger partial charge in [-0.25, -0.2) is 0 Å². The van der Waals surface area contributed by atoms with E-state index in [0.717, 1.165) is 83.5 Å². The van der Waals surface area contributed by atoms with Gasteiger partial charge in [0.15, 0.2) is 6.10 Å². The molecule has 0 N–H and O–H groups in total.